The molecule has 0 bridgehead atoms. The summed E-state index contributed by atoms with van der Waals surface area (Å²) in [5.74, 6) is 0. The van der Waals surface area contributed by atoms with Gasteiger partial charge in [0, 0.05) is 5.41 Å². The van der Waals surface area contributed by atoms with Crippen LogP contribution in [0.25, 0.3) is 0 Å². The number of thiocarbonyl (C=S) groups is 1. The summed E-state index contributed by atoms with van der Waals surface area (Å²) >= 11 is 5.37. The van der Waals surface area contributed by atoms with Gasteiger partial charge in [0.25, 0.3) is 0 Å². The Morgan fingerprint density at radius 3 is 1.05 bits per heavy atom. The van der Waals surface area contributed by atoms with Crippen molar-refractivity contribution >= 4 is 17.2 Å². The Hall–Kier alpha value is -0.110. The molecule has 0 unspecified atom stereocenters. The van der Waals surface area contributed by atoms with E-state index in [1.807, 2.05) is 0 Å². The molecule has 1 saturated carbocycles. The topological polar surface area (TPSA) is 26.0 Å². The van der Waals surface area contributed by atoms with Crippen LogP contribution in [0.4, 0.5) is 0 Å². The monoisotopic (exact) mass is 325 g/mol. The van der Waals surface area contributed by atoms with E-state index in [4.69, 9.17) is 18.0 Å². The van der Waals surface area contributed by atoms with E-state index in [9.17, 15) is 0 Å². The SMILES string of the molecule is CC1(C(N)=S)CCCCCCCCCCCCCCCCC1. The molecule has 0 amide bonds. The Kier molecular flexibility index (Phi) is 11.2. The Morgan fingerprint density at radius 2 is 0.818 bits per heavy atom. The third-order valence-corrected chi connectivity index (χ3v) is 6.04. The first kappa shape index (κ1) is 19.9. The minimum Gasteiger partial charge on any atom is -0.393 e. The molecule has 1 nitrogen and oxygen atoms in total. The van der Waals surface area contributed by atoms with Gasteiger partial charge in [0.15, 0.2) is 0 Å². The molecule has 0 aromatic rings. The largest absolute Gasteiger partial charge is 0.393 e. The lowest BCUT2D eigenvalue weighted by Crippen LogP contribution is -2.32. The molecule has 1 aliphatic carbocycles. The maximum absolute atomic E-state index is 6.05. The molecule has 22 heavy (non-hydrogen) atoms. The highest BCUT2D eigenvalue weighted by molar-refractivity contribution is 7.80. The summed E-state index contributed by atoms with van der Waals surface area (Å²) in [7, 11) is 0. The van der Waals surface area contributed by atoms with Crippen molar-refractivity contribution in [2.75, 3.05) is 0 Å². The highest BCUT2D eigenvalue weighted by Gasteiger charge is 2.26. The Morgan fingerprint density at radius 1 is 0.591 bits per heavy atom. The van der Waals surface area contributed by atoms with Crippen molar-refractivity contribution in [2.24, 2.45) is 11.1 Å². The molecule has 2 N–H and O–H groups in total. The maximum Gasteiger partial charge on any atom is 0.0787 e. The molecule has 0 saturated heterocycles. The van der Waals surface area contributed by atoms with E-state index in [0.29, 0.717) is 0 Å². The number of hydrogen-bond donors (Lipinski definition) is 1. The third kappa shape index (κ3) is 9.12. The summed E-state index contributed by atoms with van der Waals surface area (Å²) in [5, 5.41) is 0. The van der Waals surface area contributed by atoms with Gasteiger partial charge in [-0.2, -0.15) is 0 Å². The molecular formula is C20H39NS. The van der Waals surface area contributed by atoms with E-state index in [-0.39, 0.29) is 5.41 Å². The fraction of sp³-hybridized carbons (Fsp3) is 0.950. The van der Waals surface area contributed by atoms with E-state index in [1.54, 1.807) is 0 Å². The van der Waals surface area contributed by atoms with Crippen LogP contribution in [-0.4, -0.2) is 4.99 Å². The lowest BCUT2D eigenvalue weighted by atomic mass is 9.79. The second-order valence-electron chi connectivity index (χ2n) is 7.73. The molecule has 2 heteroatoms. The molecule has 0 aromatic heterocycles. The molecule has 0 spiro atoms. The van der Waals surface area contributed by atoms with Crippen molar-refractivity contribution in [3.05, 3.63) is 0 Å². The molecule has 1 aliphatic rings. The van der Waals surface area contributed by atoms with E-state index in [2.05, 4.69) is 6.92 Å². The van der Waals surface area contributed by atoms with Gasteiger partial charge in [-0.05, 0) is 12.8 Å². The van der Waals surface area contributed by atoms with Crippen LogP contribution < -0.4 is 5.73 Å². The van der Waals surface area contributed by atoms with Gasteiger partial charge in [-0.15, -0.1) is 0 Å². The second-order valence-corrected chi connectivity index (χ2v) is 8.17. The highest BCUT2D eigenvalue weighted by atomic mass is 32.1. The molecule has 0 heterocycles. The molecule has 0 atom stereocenters. The van der Waals surface area contributed by atoms with Crippen molar-refractivity contribution in [1.82, 2.24) is 0 Å². The number of nitrogens with two attached hydrogens (primary N) is 1. The average Bonchev–Trinajstić information content (AvgIpc) is 2.49. The second kappa shape index (κ2) is 12.3. The lowest BCUT2D eigenvalue weighted by Gasteiger charge is -2.28. The van der Waals surface area contributed by atoms with Crippen LogP contribution in [0.1, 0.15) is 116 Å². The predicted octanol–water partition coefficient (Wildman–Crippen LogP) is 6.92. The zero-order valence-electron chi connectivity index (χ0n) is 15.0. The van der Waals surface area contributed by atoms with E-state index >= 15 is 0 Å². The first-order chi connectivity index (χ1) is 10.7. The Balaban J connectivity index is 2.35. The van der Waals surface area contributed by atoms with Crippen LogP contribution in [0.2, 0.25) is 0 Å². The number of rotatable bonds is 1. The van der Waals surface area contributed by atoms with Gasteiger partial charge in [-0.1, -0.05) is 115 Å². The van der Waals surface area contributed by atoms with Crippen molar-refractivity contribution in [2.45, 2.75) is 116 Å². The van der Waals surface area contributed by atoms with Gasteiger partial charge in [0.05, 0.1) is 4.99 Å². The summed E-state index contributed by atoms with van der Waals surface area (Å²) in [6, 6.07) is 0. The Bertz CT molecular complexity index is 269. The van der Waals surface area contributed by atoms with Gasteiger partial charge < -0.3 is 5.73 Å². The van der Waals surface area contributed by atoms with E-state index < -0.39 is 0 Å². The third-order valence-electron chi connectivity index (χ3n) is 5.55. The average molecular weight is 326 g/mol. The smallest absolute Gasteiger partial charge is 0.0787 e. The van der Waals surface area contributed by atoms with Crippen LogP contribution in [0.5, 0.6) is 0 Å². The van der Waals surface area contributed by atoms with Crippen molar-refractivity contribution < 1.29 is 0 Å². The van der Waals surface area contributed by atoms with Crippen molar-refractivity contribution in [1.29, 1.82) is 0 Å². The highest BCUT2D eigenvalue weighted by Crippen LogP contribution is 2.32. The fourth-order valence-corrected chi connectivity index (χ4v) is 3.90. The van der Waals surface area contributed by atoms with Crippen LogP contribution in [0.3, 0.4) is 0 Å². The van der Waals surface area contributed by atoms with E-state index in [0.717, 1.165) is 4.99 Å². The van der Waals surface area contributed by atoms with E-state index in [1.165, 1.54) is 109 Å². The Labute approximate surface area is 144 Å². The normalized spacial score (nSPS) is 24.0. The summed E-state index contributed by atoms with van der Waals surface area (Å²) < 4.78 is 0. The van der Waals surface area contributed by atoms with Gasteiger partial charge >= 0.3 is 0 Å². The zero-order chi connectivity index (χ0) is 16.1. The minimum absolute atomic E-state index is 0.112. The van der Waals surface area contributed by atoms with Crippen LogP contribution in [0.15, 0.2) is 0 Å². The van der Waals surface area contributed by atoms with Crippen LogP contribution in [-0.2, 0) is 0 Å². The predicted molar refractivity (Wildman–Crippen MR) is 103 cm³/mol. The first-order valence-corrected chi connectivity index (χ1v) is 10.4. The van der Waals surface area contributed by atoms with Gasteiger partial charge in [0.2, 0.25) is 0 Å². The van der Waals surface area contributed by atoms with Gasteiger partial charge in [-0.25, -0.2) is 0 Å². The summed E-state index contributed by atoms with van der Waals surface area (Å²) in [5.41, 5.74) is 6.16. The van der Waals surface area contributed by atoms with Crippen molar-refractivity contribution in [3.63, 3.8) is 0 Å². The molecule has 0 aromatic carbocycles. The van der Waals surface area contributed by atoms with Gasteiger partial charge in [0.1, 0.15) is 0 Å². The molecule has 0 radical (unpaired) electrons. The summed E-state index contributed by atoms with van der Waals surface area (Å²) in [6.07, 6.45) is 23.5. The first-order valence-electron chi connectivity index (χ1n) is 9.95. The number of hydrogen-bond acceptors (Lipinski definition) is 1. The lowest BCUT2D eigenvalue weighted by molar-refractivity contribution is 0.356. The fourth-order valence-electron chi connectivity index (χ4n) is 3.70. The molecule has 1 rings (SSSR count). The molecule has 1 fully saturated rings. The standard InChI is InChI=1S/C20H39NS/c1-20(19(21)22)17-15-13-11-9-7-5-3-2-4-6-8-10-12-14-16-18-20/h2-18H2,1H3,(H2,21,22). The van der Waals surface area contributed by atoms with Gasteiger partial charge in [-0.3, -0.25) is 0 Å². The van der Waals surface area contributed by atoms with Crippen LogP contribution >= 0.6 is 12.2 Å². The minimum atomic E-state index is 0.112. The molecular weight excluding hydrogens is 286 g/mol. The summed E-state index contributed by atoms with van der Waals surface area (Å²) in [6.45, 7) is 2.30. The van der Waals surface area contributed by atoms with Crippen LogP contribution in [0, 0.1) is 5.41 Å². The molecule has 0 aliphatic heterocycles. The van der Waals surface area contributed by atoms with Crippen molar-refractivity contribution in [3.8, 4) is 0 Å². The zero-order valence-corrected chi connectivity index (χ0v) is 15.8. The molecule has 130 valence electrons. The quantitative estimate of drug-likeness (QED) is 0.529. The summed E-state index contributed by atoms with van der Waals surface area (Å²) in [4.78, 5) is 0.752. The maximum atomic E-state index is 6.05.